The number of hydrogen-bond acceptors (Lipinski definition) is 6. The molecule has 7 heteroatoms. The van der Waals surface area contributed by atoms with E-state index in [1.807, 2.05) is 65.3 Å². The summed E-state index contributed by atoms with van der Waals surface area (Å²) in [5.41, 5.74) is 6.95. The molecule has 0 amide bonds. The Labute approximate surface area is 208 Å². The predicted molar refractivity (Wildman–Crippen MR) is 140 cm³/mol. The van der Waals surface area contributed by atoms with Gasteiger partial charge in [-0.05, 0) is 79.7 Å². The third-order valence-electron chi connectivity index (χ3n) is 5.91. The van der Waals surface area contributed by atoms with Crippen LogP contribution in [-0.2, 0) is 0 Å². The van der Waals surface area contributed by atoms with E-state index in [9.17, 15) is 0 Å². The van der Waals surface area contributed by atoms with Crippen LogP contribution in [0, 0.1) is 6.92 Å². The molecule has 0 saturated heterocycles. The lowest BCUT2D eigenvalue weighted by molar-refractivity contribution is 0.414. The zero-order valence-electron chi connectivity index (χ0n) is 20.0. The third kappa shape index (κ3) is 4.38. The minimum atomic E-state index is 0.796. The minimum absolute atomic E-state index is 0.796. The maximum Gasteiger partial charge on any atom is 0.211 e. The predicted octanol–water partition coefficient (Wildman–Crippen LogP) is 6.66. The Morgan fingerprint density at radius 2 is 1.14 bits per heavy atom. The van der Waals surface area contributed by atoms with Crippen molar-refractivity contribution >= 4 is 11.3 Å². The van der Waals surface area contributed by atoms with Crippen molar-refractivity contribution in [2.24, 2.45) is 0 Å². The number of hydrogen-bond donors (Lipinski definition) is 0. The SMILES string of the molecule is COc1ccc(-c2csc(-n3nc(-c4ccc(OC)cc4)c(C)c3-c3ccc(OC)cc3)n2)cc1. The van der Waals surface area contributed by atoms with Gasteiger partial charge in [-0.2, -0.15) is 5.10 Å². The van der Waals surface area contributed by atoms with E-state index in [1.165, 1.54) is 0 Å². The molecule has 6 nitrogen and oxygen atoms in total. The van der Waals surface area contributed by atoms with Gasteiger partial charge in [0.2, 0.25) is 5.13 Å². The molecule has 0 aliphatic rings. The van der Waals surface area contributed by atoms with Crippen molar-refractivity contribution in [2.45, 2.75) is 6.92 Å². The van der Waals surface area contributed by atoms with Gasteiger partial charge in [0.05, 0.1) is 38.4 Å². The number of rotatable bonds is 7. The van der Waals surface area contributed by atoms with Gasteiger partial charge in [-0.25, -0.2) is 9.67 Å². The van der Waals surface area contributed by atoms with E-state index in [-0.39, 0.29) is 0 Å². The molecule has 0 atom stereocenters. The Hall–Kier alpha value is -4.10. The molecule has 0 bridgehead atoms. The highest BCUT2D eigenvalue weighted by Crippen LogP contribution is 2.36. The van der Waals surface area contributed by atoms with Gasteiger partial charge in [-0.1, -0.05) is 0 Å². The first-order valence-electron chi connectivity index (χ1n) is 11.1. The largest absolute Gasteiger partial charge is 0.497 e. The van der Waals surface area contributed by atoms with Crippen LogP contribution >= 0.6 is 11.3 Å². The summed E-state index contributed by atoms with van der Waals surface area (Å²) in [4.78, 5) is 4.94. The van der Waals surface area contributed by atoms with Crippen LogP contribution in [0.2, 0.25) is 0 Å². The number of ether oxygens (including phenoxy) is 3. The molecule has 5 rings (SSSR count). The van der Waals surface area contributed by atoms with Gasteiger partial charge in [-0.15, -0.1) is 11.3 Å². The van der Waals surface area contributed by atoms with Gasteiger partial charge < -0.3 is 14.2 Å². The van der Waals surface area contributed by atoms with E-state index < -0.39 is 0 Å². The third-order valence-corrected chi connectivity index (χ3v) is 6.72. The van der Waals surface area contributed by atoms with E-state index in [4.69, 9.17) is 24.3 Å². The lowest BCUT2D eigenvalue weighted by Crippen LogP contribution is -1.99. The number of thiazole rings is 1. The molecular formula is C28H25N3O3S. The summed E-state index contributed by atoms with van der Waals surface area (Å²) in [6.45, 7) is 2.10. The molecule has 3 aromatic carbocycles. The highest BCUT2D eigenvalue weighted by molar-refractivity contribution is 7.12. The Morgan fingerprint density at radius 1 is 0.657 bits per heavy atom. The average Bonchev–Trinajstić information content (AvgIpc) is 3.54. The first kappa shape index (κ1) is 22.7. The van der Waals surface area contributed by atoms with Gasteiger partial charge >= 0.3 is 0 Å². The fraction of sp³-hybridized carbons (Fsp3) is 0.143. The van der Waals surface area contributed by atoms with Crippen molar-refractivity contribution in [3.05, 3.63) is 83.7 Å². The van der Waals surface area contributed by atoms with Gasteiger partial charge in [0.1, 0.15) is 17.2 Å². The molecule has 0 unspecified atom stereocenters. The van der Waals surface area contributed by atoms with Crippen molar-refractivity contribution in [1.82, 2.24) is 14.8 Å². The monoisotopic (exact) mass is 483 g/mol. The zero-order valence-corrected chi connectivity index (χ0v) is 20.8. The first-order chi connectivity index (χ1) is 17.1. The molecule has 0 saturated carbocycles. The molecule has 35 heavy (non-hydrogen) atoms. The topological polar surface area (TPSA) is 58.4 Å². The van der Waals surface area contributed by atoms with Crippen molar-refractivity contribution in [3.63, 3.8) is 0 Å². The molecule has 2 aromatic heterocycles. The van der Waals surface area contributed by atoms with Crippen molar-refractivity contribution in [1.29, 1.82) is 0 Å². The number of methoxy groups -OCH3 is 3. The molecule has 2 heterocycles. The van der Waals surface area contributed by atoms with Crippen molar-refractivity contribution in [3.8, 4) is 56.2 Å². The number of nitrogens with zero attached hydrogens (tertiary/aromatic N) is 3. The van der Waals surface area contributed by atoms with Crippen LogP contribution in [0.1, 0.15) is 5.56 Å². The standard InChI is InChI=1S/C28H25N3O3S/c1-18-26(20-7-13-23(33-3)14-8-20)30-31(27(18)21-9-15-24(34-4)16-10-21)28-29-25(17-35-28)19-5-11-22(32-2)12-6-19/h5-17H,1-4H3. The molecule has 176 valence electrons. The maximum absolute atomic E-state index is 5.36. The number of benzene rings is 3. The number of aromatic nitrogens is 3. The average molecular weight is 484 g/mol. The maximum atomic E-state index is 5.36. The Balaban J connectivity index is 1.62. The summed E-state index contributed by atoms with van der Waals surface area (Å²) < 4.78 is 17.9. The molecule has 0 spiro atoms. The van der Waals surface area contributed by atoms with Gasteiger partial charge in [0.15, 0.2) is 0 Å². The van der Waals surface area contributed by atoms with Crippen LogP contribution in [0.15, 0.2) is 78.2 Å². The zero-order chi connectivity index (χ0) is 24.4. The van der Waals surface area contributed by atoms with Crippen LogP contribution in [0.4, 0.5) is 0 Å². The smallest absolute Gasteiger partial charge is 0.211 e. The fourth-order valence-corrected chi connectivity index (χ4v) is 4.79. The summed E-state index contributed by atoms with van der Waals surface area (Å²) >= 11 is 1.56. The second-order valence-corrected chi connectivity index (χ2v) is 8.77. The van der Waals surface area contributed by atoms with Gasteiger partial charge in [0, 0.05) is 27.6 Å². The summed E-state index contributed by atoms with van der Waals surface area (Å²) in [6.07, 6.45) is 0. The van der Waals surface area contributed by atoms with Gasteiger partial charge in [0.25, 0.3) is 0 Å². The molecule has 5 aromatic rings. The molecular weight excluding hydrogens is 458 g/mol. The second kappa shape index (κ2) is 9.64. The second-order valence-electron chi connectivity index (χ2n) is 7.93. The van der Waals surface area contributed by atoms with E-state index >= 15 is 0 Å². The van der Waals surface area contributed by atoms with Crippen molar-refractivity contribution < 1.29 is 14.2 Å². The summed E-state index contributed by atoms with van der Waals surface area (Å²) in [6, 6.07) is 23.9. The van der Waals surface area contributed by atoms with E-state index in [0.29, 0.717) is 0 Å². The Morgan fingerprint density at radius 3 is 1.66 bits per heavy atom. The molecule has 0 aliphatic heterocycles. The van der Waals surface area contributed by atoms with E-state index in [1.54, 1.807) is 32.7 Å². The van der Waals surface area contributed by atoms with Crippen LogP contribution in [0.3, 0.4) is 0 Å². The molecule has 0 aliphatic carbocycles. The lowest BCUT2D eigenvalue weighted by Gasteiger charge is -2.07. The molecule has 0 radical (unpaired) electrons. The van der Waals surface area contributed by atoms with Crippen molar-refractivity contribution in [2.75, 3.05) is 21.3 Å². The van der Waals surface area contributed by atoms with Crippen LogP contribution in [0.5, 0.6) is 17.2 Å². The van der Waals surface area contributed by atoms with E-state index in [0.717, 1.165) is 61.7 Å². The molecule has 0 N–H and O–H groups in total. The van der Waals surface area contributed by atoms with E-state index in [2.05, 4.69) is 24.4 Å². The van der Waals surface area contributed by atoms with Crippen LogP contribution < -0.4 is 14.2 Å². The fourth-order valence-electron chi connectivity index (χ4n) is 4.00. The lowest BCUT2D eigenvalue weighted by atomic mass is 10.0. The quantitative estimate of drug-likeness (QED) is 0.259. The summed E-state index contributed by atoms with van der Waals surface area (Å²) in [7, 11) is 5.00. The molecule has 0 fully saturated rings. The summed E-state index contributed by atoms with van der Waals surface area (Å²) in [5, 5.41) is 7.88. The highest BCUT2D eigenvalue weighted by Gasteiger charge is 2.21. The van der Waals surface area contributed by atoms with Crippen LogP contribution in [0.25, 0.3) is 38.9 Å². The van der Waals surface area contributed by atoms with Crippen LogP contribution in [-0.4, -0.2) is 36.1 Å². The Kier molecular flexibility index (Phi) is 6.25. The normalized spacial score (nSPS) is 10.9. The Bertz CT molecular complexity index is 1440. The first-order valence-corrected chi connectivity index (χ1v) is 12.0. The summed E-state index contributed by atoms with van der Waals surface area (Å²) in [5.74, 6) is 2.44. The van der Waals surface area contributed by atoms with Gasteiger partial charge in [-0.3, -0.25) is 0 Å². The highest BCUT2D eigenvalue weighted by atomic mass is 32.1. The minimum Gasteiger partial charge on any atom is -0.497 e.